The smallest absolute Gasteiger partial charge is 0.410 e. The number of hydrogen-bond donors (Lipinski definition) is 2. The number of nitrogens with zero attached hydrogens (tertiary/aromatic N) is 1. The molecule has 2 N–H and O–H groups in total. The van der Waals surface area contributed by atoms with Crippen LogP contribution in [0.2, 0.25) is 0 Å². The third-order valence-electron chi connectivity index (χ3n) is 6.07. The first-order valence-corrected chi connectivity index (χ1v) is 11.1. The zero-order valence-electron chi connectivity index (χ0n) is 18.4. The molecule has 1 aromatic heterocycles. The first-order chi connectivity index (χ1) is 15.5. The van der Waals surface area contributed by atoms with E-state index in [9.17, 15) is 4.79 Å². The quantitative estimate of drug-likeness (QED) is 0.385. The number of benzene rings is 3. The lowest BCUT2D eigenvalue weighted by Gasteiger charge is -2.20. The summed E-state index contributed by atoms with van der Waals surface area (Å²) in [4.78, 5) is 18.0. The van der Waals surface area contributed by atoms with Crippen LogP contribution in [0.25, 0.3) is 10.9 Å². The lowest BCUT2D eigenvalue weighted by Crippen LogP contribution is -2.19. The van der Waals surface area contributed by atoms with Crippen LogP contribution in [0.3, 0.4) is 0 Å². The van der Waals surface area contributed by atoms with E-state index in [1.807, 2.05) is 42.6 Å². The van der Waals surface area contributed by atoms with Crippen LogP contribution < -0.4 is 15.0 Å². The van der Waals surface area contributed by atoms with E-state index in [-0.39, 0.29) is 0 Å². The first-order valence-electron chi connectivity index (χ1n) is 11.1. The van der Waals surface area contributed by atoms with Gasteiger partial charge in [0.1, 0.15) is 5.75 Å². The molecule has 1 amide bonds. The van der Waals surface area contributed by atoms with Crippen LogP contribution in [0.5, 0.6) is 5.75 Å². The number of aromatic amines is 1. The van der Waals surface area contributed by atoms with Crippen molar-refractivity contribution >= 4 is 28.4 Å². The minimum Gasteiger partial charge on any atom is -0.410 e. The fourth-order valence-corrected chi connectivity index (χ4v) is 4.29. The summed E-state index contributed by atoms with van der Waals surface area (Å²) in [5.74, 6) is 1.02. The van der Waals surface area contributed by atoms with Gasteiger partial charge < -0.3 is 14.6 Å². The average molecular weight is 426 g/mol. The van der Waals surface area contributed by atoms with Gasteiger partial charge in [-0.25, -0.2) is 4.79 Å². The summed E-state index contributed by atoms with van der Waals surface area (Å²) in [6.45, 7) is 6.10. The Morgan fingerprint density at radius 3 is 2.72 bits per heavy atom. The fraction of sp³-hybridized carbons (Fsp3) is 0.222. The Morgan fingerprint density at radius 2 is 1.91 bits per heavy atom. The fourth-order valence-electron chi connectivity index (χ4n) is 4.29. The van der Waals surface area contributed by atoms with E-state index in [1.54, 1.807) is 0 Å². The molecule has 32 heavy (non-hydrogen) atoms. The van der Waals surface area contributed by atoms with Crippen molar-refractivity contribution in [1.29, 1.82) is 0 Å². The maximum absolute atomic E-state index is 12.3. The van der Waals surface area contributed by atoms with Crippen LogP contribution in [-0.4, -0.2) is 17.6 Å². The Kier molecular flexibility index (Phi) is 5.31. The number of carbonyl (C=O) groups is 1. The van der Waals surface area contributed by atoms with Crippen LogP contribution in [0.15, 0.2) is 72.9 Å². The Balaban J connectivity index is 1.23. The van der Waals surface area contributed by atoms with Gasteiger partial charge in [0, 0.05) is 36.2 Å². The minimum absolute atomic E-state index is 0.457. The normalized spacial score (nSPS) is 12.9. The second-order valence-corrected chi connectivity index (χ2v) is 8.65. The SMILES string of the molecule is CC(C)c1ccc(NC(=O)Oc2ccc3c(c2)CCN3Cc2ccc3cc[nH]c3c2)cc1. The molecule has 5 rings (SSSR count). The van der Waals surface area contributed by atoms with Gasteiger partial charge in [-0.15, -0.1) is 0 Å². The monoisotopic (exact) mass is 425 g/mol. The predicted octanol–water partition coefficient (Wildman–Crippen LogP) is 6.46. The number of nitrogens with one attached hydrogen (secondary N) is 2. The van der Waals surface area contributed by atoms with Crippen molar-refractivity contribution in [3.63, 3.8) is 0 Å². The van der Waals surface area contributed by atoms with Gasteiger partial charge in [0.2, 0.25) is 0 Å². The minimum atomic E-state index is -0.476. The number of rotatable bonds is 5. The molecule has 4 aromatic rings. The van der Waals surface area contributed by atoms with Gasteiger partial charge in [-0.1, -0.05) is 38.1 Å². The van der Waals surface area contributed by atoms with E-state index in [2.05, 4.69) is 59.4 Å². The number of hydrogen-bond acceptors (Lipinski definition) is 3. The Hall–Kier alpha value is -3.73. The molecular formula is C27H27N3O2. The summed E-state index contributed by atoms with van der Waals surface area (Å²) in [7, 11) is 0. The molecule has 1 aliphatic rings. The van der Waals surface area contributed by atoms with Gasteiger partial charge in [-0.2, -0.15) is 0 Å². The maximum Gasteiger partial charge on any atom is 0.417 e. The number of H-pyrrole nitrogens is 1. The van der Waals surface area contributed by atoms with E-state index in [0.717, 1.165) is 30.7 Å². The summed E-state index contributed by atoms with van der Waals surface area (Å²) in [6, 6.07) is 22.4. The van der Waals surface area contributed by atoms with Crippen molar-refractivity contribution in [2.45, 2.75) is 32.7 Å². The number of ether oxygens (including phenoxy) is 1. The molecule has 0 bridgehead atoms. The number of aromatic nitrogens is 1. The van der Waals surface area contributed by atoms with Crippen LogP contribution in [-0.2, 0) is 13.0 Å². The predicted molar refractivity (Wildman–Crippen MR) is 130 cm³/mol. The number of carbonyl (C=O) groups excluding carboxylic acids is 1. The van der Waals surface area contributed by atoms with E-state index >= 15 is 0 Å². The molecular weight excluding hydrogens is 398 g/mol. The van der Waals surface area contributed by atoms with Crippen molar-refractivity contribution < 1.29 is 9.53 Å². The molecule has 3 aromatic carbocycles. The van der Waals surface area contributed by atoms with Crippen molar-refractivity contribution in [2.24, 2.45) is 0 Å². The highest BCUT2D eigenvalue weighted by Gasteiger charge is 2.20. The molecule has 0 unspecified atom stereocenters. The van der Waals surface area contributed by atoms with Crippen molar-refractivity contribution in [2.75, 3.05) is 16.8 Å². The van der Waals surface area contributed by atoms with Crippen molar-refractivity contribution in [1.82, 2.24) is 4.98 Å². The highest BCUT2D eigenvalue weighted by molar-refractivity contribution is 5.86. The van der Waals surface area contributed by atoms with Crippen LogP contribution in [0.4, 0.5) is 16.2 Å². The van der Waals surface area contributed by atoms with E-state index in [0.29, 0.717) is 11.7 Å². The lowest BCUT2D eigenvalue weighted by molar-refractivity contribution is 0.215. The Bertz CT molecular complexity index is 1260. The van der Waals surface area contributed by atoms with Gasteiger partial charge in [-0.05, 0) is 76.9 Å². The second kappa shape index (κ2) is 8.42. The molecule has 0 saturated heterocycles. The molecule has 162 valence electrons. The molecule has 0 fully saturated rings. The third-order valence-corrected chi connectivity index (χ3v) is 6.07. The van der Waals surface area contributed by atoms with Gasteiger partial charge in [-0.3, -0.25) is 5.32 Å². The maximum atomic E-state index is 12.3. The average Bonchev–Trinajstić information content (AvgIpc) is 3.40. The first kappa shape index (κ1) is 20.2. The van der Waals surface area contributed by atoms with Crippen molar-refractivity contribution in [3.8, 4) is 5.75 Å². The van der Waals surface area contributed by atoms with E-state index < -0.39 is 6.09 Å². The van der Waals surface area contributed by atoms with Crippen LogP contribution >= 0.6 is 0 Å². The summed E-state index contributed by atoms with van der Waals surface area (Å²) in [6.07, 6.45) is 2.43. The number of fused-ring (bicyclic) bond motifs is 2. The number of amides is 1. The zero-order chi connectivity index (χ0) is 22.1. The van der Waals surface area contributed by atoms with Crippen molar-refractivity contribution in [3.05, 3.63) is 89.6 Å². The molecule has 2 heterocycles. The molecule has 0 radical (unpaired) electrons. The summed E-state index contributed by atoms with van der Waals surface area (Å²) < 4.78 is 5.54. The standard InChI is InChI=1S/C27H27N3O2/c1-18(2)20-5-7-23(8-6-20)29-27(31)32-24-9-10-26-22(16-24)12-14-30(26)17-19-3-4-21-11-13-28-25(21)15-19/h3-11,13,15-16,18,28H,12,14,17H2,1-2H3,(H,29,31). The van der Waals surface area contributed by atoms with E-state index in [4.69, 9.17) is 4.74 Å². The zero-order valence-corrected chi connectivity index (χ0v) is 18.4. The topological polar surface area (TPSA) is 57.4 Å². The second-order valence-electron chi connectivity index (χ2n) is 8.65. The largest absolute Gasteiger partial charge is 0.417 e. The summed E-state index contributed by atoms with van der Waals surface area (Å²) in [5, 5.41) is 4.03. The number of anilines is 2. The molecule has 5 nitrogen and oxygen atoms in total. The molecule has 1 aliphatic heterocycles. The molecule has 5 heteroatoms. The molecule has 0 saturated carbocycles. The molecule has 0 spiro atoms. The Morgan fingerprint density at radius 1 is 1.06 bits per heavy atom. The van der Waals surface area contributed by atoms with Crippen LogP contribution in [0, 0.1) is 0 Å². The lowest BCUT2D eigenvalue weighted by atomic mass is 10.0. The highest BCUT2D eigenvalue weighted by Crippen LogP contribution is 2.33. The van der Waals surface area contributed by atoms with Crippen LogP contribution in [0.1, 0.15) is 36.5 Å². The third kappa shape index (κ3) is 4.19. The van der Waals surface area contributed by atoms with E-state index in [1.165, 1.54) is 27.8 Å². The Labute approximate surface area is 188 Å². The summed E-state index contributed by atoms with van der Waals surface area (Å²) in [5.41, 5.74) is 6.81. The summed E-state index contributed by atoms with van der Waals surface area (Å²) >= 11 is 0. The highest BCUT2D eigenvalue weighted by atomic mass is 16.6. The van der Waals surface area contributed by atoms with Gasteiger partial charge in [0.25, 0.3) is 0 Å². The molecule has 0 aliphatic carbocycles. The molecule has 0 atom stereocenters. The van der Waals surface area contributed by atoms with Gasteiger partial charge in [0.15, 0.2) is 0 Å². The van der Waals surface area contributed by atoms with Gasteiger partial charge >= 0.3 is 6.09 Å². The van der Waals surface area contributed by atoms with Gasteiger partial charge in [0.05, 0.1) is 0 Å².